The quantitative estimate of drug-likeness (QED) is 0.796. The van der Waals surface area contributed by atoms with E-state index in [9.17, 15) is 0 Å². The van der Waals surface area contributed by atoms with Crippen LogP contribution in [0, 0.1) is 17.8 Å². The van der Waals surface area contributed by atoms with Gasteiger partial charge in [0, 0.05) is 19.1 Å². The van der Waals surface area contributed by atoms with Crippen LogP contribution in [-0.2, 0) is 19.4 Å². The number of methoxy groups -OCH3 is 1. The van der Waals surface area contributed by atoms with Crippen molar-refractivity contribution in [3.63, 3.8) is 0 Å². The van der Waals surface area contributed by atoms with Crippen LogP contribution >= 0.6 is 0 Å². The highest BCUT2D eigenvalue weighted by atomic mass is 16.5. The van der Waals surface area contributed by atoms with Gasteiger partial charge in [-0.2, -0.15) is 0 Å². The zero-order valence-electron chi connectivity index (χ0n) is 17.6. The first-order valence-corrected chi connectivity index (χ1v) is 11.5. The van der Waals surface area contributed by atoms with Gasteiger partial charge in [-0.05, 0) is 91.8 Å². The van der Waals surface area contributed by atoms with E-state index < -0.39 is 0 Å². The van der Waals surface area contributed by atoms with Crippen molar-refractivity contribution in [2.24, 2.45) is 17.8 Å². The first-order chi connectivity index (χ1) is 14.3. The zero-order chi connectivity index (χ0) is 19.6. The van der Waals surface area contributed by atoms with Crippen molar-refractivity contribution in [3.8, 4) is 5.75 Å². The van der Waals surface area contributed by atoms with Crippen molar-refractivity contribution in [1.82, 2.24) is 10.2 Å². The number of fused-ring (bicyclic) bond motifs is 2. The number of rotatable bonds is 6. The SMILES string of the molecule is COc1ccc2c(c1)CC(NC[C@@H]1C3CCCN(Cc4ccccc4)C[C@H]31)CC2. The Morgan fingerprint density at radius 3 is 2.79 bits per heavy atom. The van der Waals surface area contributed by atoms with Gasteiger partial charge in [0.2, 0.25) is 0 Å². The van der Waals surface area contributed by atoms with Crippen LogP contribution < -0.4 is 10.1 Å². The summed E-state index contributed by atoms with van der Waals surface area (Å²) in [7, 11) is 1.76. The van der Waals surface area contributed by atoms with Crippen LogP contribution in [0.2, 0.25) is 0 Å². The van der Waals surface area contributed by atoms with Crippen LogP contribution in [0.1, 0.15) is 36.0 Å². The van der Waals surface area contributed by atoms with Gasteiger partial charge in [0.1, 0.15) is 5.75 Å². The molecule has 1 heterocycles. The molecule has 1 N–H and O–H groups in total. The molecule has 29 heavy (non-hydrogen) atoms. The summed E-state index contributed by atoms with van der Waals surface area (Å²) < 4.78 is 5.43. The summed E-state index contributed by atoms with van der Waals surface area (Å²) in [6.07, 6.45) is 6.39. The average molecular weight is 391 g/mol. The van der Waals surface area contributed by atoms with Crippen molar-refractivity contribution >= 4 is 0 Å². The molecule has 2 aromatic rings. The summed E-state index contributed by atoms with van der Waals surface area (Å²) in [5.74, 6) is 3.75. The van der Waals surface area contributed by atoms with E-state index in [4.69, 9.17) is 4.74 Å². The predicted molar refractivity (Wildman–Crippen MR) is 118 cm³/mol. The molecule has 2 fully saturated rings. The van der Waals surface area contributed by atoms with E-state index in [0.29, 0.717) is 6.04 Å². The minimum absolute atomic E-state index is 0.625. The van der Waals surface area contributed by atoms with Crippen molar-refractivity contribution in [2.75, 3.05) is 26.7 Å². The molecule has 0 radical (unpaired) electrons. The Hall–Kier alpha value is -1.84. The third kappa shape index (κ3) is 4.36. The summed E-state index contributed by atoms with van der Waals surface area (Å²) in [6, 6.07) is 18.2. The van der Waals surface area contributed by atoms with E-state index >= 15 is 0 Å². The monoisotopic (exact) mass is 390 g/mol. The number of hydrogen-bond acceptors (Lipinski definition) is 3. The van der Waals surface area contributed by atoms with Gasteiger partial charge in [0.15, 0.2) is 0 Å². The molecular weight excluding hydrogens is 356 g/mol. The lowest BCUT2D eigenvalue weighted by Gasteiger charge is -2.26. The molecule has 0 amide bonds. The Morgan fingerprint density at radius 1 is 1.03 bits per heavy atom. The number of nitrogens with one attached hydrogen (secondary N) is 1. The number of likely N-dealkylation sites (tertiary alicyclic amines) is 1. The molecule has 1 saturated carbocycles. The molecule has 5 rings (SSSR count). The Balaban J connectivity index is 1.13. The molecule has 2 aromatic carbocycles. The highest BCUT2D eigenvalue weighted by Crippen LogP contribution is 2.51. The molecule has 4 atom stereocenters. The Bertz CT molecular complexity index is 821. The van der Waals surface area contributed by atoms with Crippen molar-refractivity contribution in [2.45, 2.75) is 44.7 Å². The van der Waals surface area contributed by atoms with Gasteiger partial charge in [0.05, 0.1) is 7.11 Å². The minimum atomic E-state index is 0.625. The van der Waals surface area contributed by atoms with E-state index in [-0.39, 0.29) is 0 Å². The van der Waals surface area contributed by atoms with Gasteiger partial charge >= 0.3 is 0 Å². The summed E-state index contributed by atoms with van der Waals surface area (Å²) in [5.41, 5.74) is 4.45. The lowest BCUT2D eigenvalue weighted by atomic mass is 9.88. The zero-order valence-corrected chi connectivity index (χ0v) is 17.6. The average Bonchev–Trinajstić information content (AvgIpc) is 3.46. The Labute approximate surface area is 175 Å². The Morgan fingerprint density at radius 2 is 1.93 bits per heavy atom. The number of nitrogens with zero attached hydrogens (tertiary/aromatic N) is 1. The highest BCUT2D eigenvalue weighted by molar-refractivity contribution is 5.37. The summed E-state index contributed by atoms with van der Waals surface area (Å²) in [4.78, 5) is 2.70. The molecule has 154 valence electrons. The molecule has 3 nitrogen and oxygen atoms in total. The van der Waals surface area contributed by atoms with E-state index in [2.05, 4.69) is 58.7 Å². The fourth-order valence-corrected chi connectivity index (χ4v) is 5.79. The molecule has 0 spiro atoms. The van der Waals surface area contributed by atoms with Gasteiger partial charge in [0.25, 0.3) is 0 Å². The summed E-state index contributed by atoms with van der Waals surface area (Å²) in [6.45, 7) is 4.88. The van der Waals surface area contributed by atoms with Gasteiger partial charge in [-0.25, -0.2) is 0 Å². The molecule has 0 bridgehead atoms. The molecule has 1 saturated heterocycles. The topological polar surface area (TPSA) is 24.5 Å². The van der Waals surface area contributed by atoms with Crippen LogP contribution in [0.5, 0.6) is 5.75 Å². The third-order valence-electron chi connectivity index (χ3n) is 7.52. The lowest BCUT2D eigenvalue weighted by molar-refractivity contribution is 0.254. The fraction of sp³-hybridized carbons (Fsp3) is 0.538. The van der Waals surface area contributed by atoms with Gasteiger partial charge in [-0.15, -0.1) is 0 Å². The Kier molecular flexibility index (Phi) is 5.61. The second-order valence-corrected chi connectivity index (χ2v) is 9.34. The van der Waals surface area contributed by atoms with Crippen LogP contribution in [0.4, 0.5) is 0 Å². The van der Waals surface area contributed by atoms with Crippen LogP contribution in [0.15, 0.2) is 48.5 Å². The third-order valence-corrected chi connectivity index (χ3v) is 7.52. The second kappa shape index (κ2) is 8.49. The van der Waals surface area contributed by atoms with E-state index in [1.54, 1.807) is 7.11 Å². The van der Waals surface area contributed by atoms with Crippen LogP contribution in [0.25, 0.3) is 0 Å². The highest BCUT2D eigenvalue weighted by Gasteiger charge is 2.50. The lowest BCUT2D eigenvalue weighted by Crippen LogP contribution is -2.36. The van der Waals surface area contributed by atoms with Gasteiger partial charge < -0.3 is 10.1 Å². The summed E-state index contributed by atoms with van der Waals surface area (Å²) in [5, 5.41) is 3.94. The van der Waals surface area contributed by atoms with Crippen molar-refractivity contribution in [3.05, 3.63) is 65.2 Å². The molecule has 0 aromatic heterocycles. The second-order valence-electron chi connectivity index (χ2n) is 9.34. The number of aryl methyl sites for hydroxylation is 1. The minimum Gasteiger partial charge on any atom is -0.497 e. The molecule has 1 aliphatic heterocycles. The maximum absolute atomic E-state index is 5.43. The number of hydrogen-bond donors (Lipinski definition) is 1. The predicted octanol–water partition coefficient (Wildman–Crippen LogP) is 4.30. The molecule has 2 unspecified atom stereocenters. The smallest absolute Gasteiger partial charge is 0.119 e. The largest absolute Gasteiger partial charge is 0.497 e. The number of benzene rings is 2. The van der Waals surface area contributed by atoms with Gasteiger partial charge in [-0.1, -0.05) is 36.4 Å². The first kappa shape index (κ1) is 19.1. The van der Waals surface area contributed by atoms with Crippen LogP contribution in [-0.4, -0.2) is 37.7 Å². The molecular formula is C26H34N2O. The molecule has 3 heteroatoms. The standard InChI is InChI=1S/C26H34N2O/c1-29-23-12-10-20-9-11-22(14-21(20)15-23)27-16-25-24-8-5-13-28(18-26(24)25)17-19-6-3-2-4-7-19/h2-4,6-7,10,12,15,22,24-27H,5,8-9,11,13-14,16-18H2,1H3/t22?,24?,25-,26-/m1/s1. The van der Waals surface area contributed by atoms with Crippen molar-refractivity contribution in [1.29, 1.82) is 0 Å². The first-order valence-electron chi connectivity index (χ1n) is 11.5. The van der Waals surface area contributed by atoms with Crippen LogP contribution in [0.3, 0.4) is 0 Å². The molecule has 3 aliphatic rings. The van der Waals surface area contributed by atoms with E-state index in [0.717, 1.165) is 36.5 Å². The van der Waals surface area contributed by atoms with E-state index in [1.807, 2.05) is 0 Å². The maximum Gasteiger partial charge on any atom is 0.119 e. The summed E-state index contributed by atoms with van der Waals surface area (Å²) >= 11 is 0. The van der Waals surface area contributed by atoms with E-state index in [1.165, 1.54) is 62.0 Å². The molecule has 2 aliphatic carbocycles. The maximum atomic E-state index is 5.43. The fourth-order valence-electron chi connectivity index (χ4n) is 5.79. The van der Waals surface area contributed by atoms with Gasteiger partial charge in [-0.3, -0.25) is 4.90 Å². The van der Waals surface area contributed by atoms with Crippen molar-refractivity contribution < 1.29 is 4.74 Å². The number of ether oxygens (including phenoxy) is 1. The normalized spacial score (nSPS) is 28.9.